The van der Waals surface area contributed by atoms with Gasteiger partial charge in [-0.05, 0) is 50.9 Å². The molecule has 0 amide bonds. The number of hydrogen-bond donors (Lipinski definition) is 1. The van der Waals surface area contributed by atoms with Crippen molar-refractivity contribution < 1.29 is 28.5 Å². The third-order valence-corrected chi connectivity index (χ3v) is 5.42. The number of ether oxygens (including phenoxy) is 3. The van der Waals surface area contributed by atoms with Crippen LogP contribution in [-0.2, 0) is 19.0 Å². The Morgan fingerprint density at radius 3 is 2.85 bits per heavy atom. The molecule has 0 radical (unpaired) electrons. The minimum atomic E-state index is -1.03. The van der Waals surface area contributed by atoms with Crippen LogP contribution >= 0.6 is 0 Å². The molecule has 0 spiro atoms. The van der Waals surface area contributed by atoms with Crippen LogP contribution in [0.4, 0.5) is 4.39 Å². The van der Waals surface area contributed by atoms with E-state index in [-0.39, 0.29) is 36.8 Å². The van der Waals surface area contributed by atoms with Crippen LogP contribution in [0.1, 0.15) is 64.7 Å². The summed E-state index contributed by atoms with van der Waals surface area (Å²) in [5, 5.41) is 9.60. The summed E-state index contributed by atoms with van der Waals surface area (Å²) in [6.45, 7) is 2.99. The number of esters is 1. The maximum Gasteiger partial charge on any atom is 0.305 e. The summed E-state index contributed by atoms with van der Waals surface area (Å²) in [5.41, 5.74) is 0. The molecular weight excluding hydrogens is 351 g/mol. The molecule has 5 atom stereocenters. The van der Waals surface area contributed by atoms with Gasteiger partial charge in [0, 0.05) is 32.0 Å². The summed E-state index contributed by atoms with van der Waals surface area (Å²) < 4.78 is 31.0. The van der Waals surface area contributed by atoms with Crippen LogP contribution in [0.5, 0.6) is 0 Å². The number of unbranched alkanes of at least 4 members (excludes halogenated alkanes) is 1. The number of aliphatic hydroxyl groups excluding tert-OH is 1. The van der Waals surface area contributed by atoms with Gasteiger partial charge in [-0.25, -0.2) is 4.39 Å². The predicted octanol–water partition coefficient (Wildman–Crippen LogP) is 3.93. The van der Waals surface area contributed by atoms with Gasteiger partial charge < -0.3 is 19.3 Å². The largest absolute Gasteiger partial charge is 0.466 e. The fourth-order valence-electron chi connectivity index (χ4n) is 3.89. The zero-order valence-corrected chi connectivity index (χ0v) is 16.5. The third kappa shape index (κ3) is 7.51. The Balaban J connectivity index is 1.75. The molecule has 1 aliphatic carbocycles. The van der Waals surface area contributed by atoms with E-state index in [2.05, 4.69) is 0 Å². The lowest BCUT2D eigenvalue weighted by atomic mass is 9.91. The predicted molar refractivity (Wildman–Crippen MR) is 101 cm³/mol. The van der Waals surface area contributed by atoms with Gasteiger partial charge >= 0.3 is 5.97 Å². The molecule has 5 nitrogen and oxygen atoms in total. The van der Waals surface area contributed by atoms with Crippen LogP contribution in [0, 0.1) is 11.8 Å². The van der Waals surface area contributed by atoms with E-state index < -0.39 is 6.17 Å². The molecule has 2 rings (SSSR count). The number of alkyl halides is 1. The van der Waals surface area contributed by atoms with Crippen LogP contribution in [0.3, 0.4) is 0 Å². The average Bonchev–Trinajstić information content (AvgIpc) is 2.97. The van der Waals surface area contributed by atoms with Crippen molar-refractivity contribution in [1.82, 2.24) is 0 Å². The molecule has 0 aromatic rings. The molecule has 6 heteroatoms. The average molecular weight is 387 g/mol. The van der Waals surface area contributed by atoms with E-state index in [9.17, 15) is 14.3 Å². The van der Waals surface area contributed by atoms with E-state index in [4.69, 9.17) is 14.2 Å². The molecule has 156 valence electrons. The normalized spacial score (nSPS) is 31.4. The van der Waals surface area contributed by atoms with E-state index in [0.29, 0.717) is 32.5 Å². The maximum absolute atomic E-state index is 14.3. The van der Waals surface area contributed by atoms with Gasteiger partial charge in [0.25, 0.3) is 0 Å². The van der Waals surface area contributed by atoms with Crippen molar-refractivity contribution in [3.8, 4) is 0 Å². The van der Waals surface area contributed by atoms with Crippen molar-refractivity contribution in [2.45, 2.75) is 83.3 Å². The topological polar surface area (TPSA) is 65.0 Å². The lowest BCUT2D eigenvalue weighted by Crippen LogP contribution is -2.31. The van der Waals surface area contributed by atoms with Gasteiger partial charge in [0.15, 0.2) is 6.29 Å². The fraction of sp³-hybridized carbons (Fsp3) is 0.857. The SMILES string of the molecule is CCCOC(=O)CCCC=CC[C@@H]1[C@@H](CO)[C@@H](F)C[C@@H]1OC1CCCCO1. The van der Waals surface area contributed by atoms with Crippen molar-refractivity contribution in [2.24, 2.45) is 11.8 Å². The highest BCUT2D eigenvalue weighted by Crippen LogP contribution is 2.40. The van der Waals surface area contributed by atoms with Gasteiger partial charge in [0.05, 0.1) is 12.7 Å². The fourth-order valence-corrected chi connectivity index (χ4v) is 3.89. The van der Waals surface area contributed by atoms with Gasteiger partial charge in [0.2, 0.25) is 0 Å². The van der Waals surface area contributed by atoms with Crippen LogP contribution < -0.4 is 0 Å². The number of carbonyl (C=O) groups is 1. The quantitative estimate of drug-likeness (QED) is 0.331. The van der Waals surface area contributed by atoms with Gasteiger partial charge in [-0.15, -0.1) is 0 Å². The van der Waals surface area contributed by atoms with Crippen molar-refractivity contribution in [3.63, 3.8) is 0 Å². The highest BCUT2D eigenvalue weighted by Gasteiger charge is 2.44. The van der Waals surface area contributed by atoms with Crippen LogP contribution in [0.2, 0.25) is 0 Å². The number of rotatable bonds is 11. The van der Waals surface area contributed by atoms with Gasteiger partial charge in [-0.2, -0.15) is 0 Å². The van der Waals surface area contributed by atoms with Crippen molar-refractivity contribution in [1.29, 1.82) is 0 Å². The molecule has 1 saturated heterocycles. The van der Waals surface area contributed by atoms with E-state index in [1.54, 1.807) is 0 Å². The minimum Gasteiger partial charge on any atom is -0.466 e. The zero-order valence-electron chi connectivity index (χ0n) is 16.5. The van der Waals surface area contributed by atoms with Gasteiger partial charge in [0.1, 0.15) is 6.17 Å². The Hall–Kier alpha value is -0.980. The Kier molecular flexibility index (Phi) is 10.3. The maximum atomic E-state index is 14.3. The van der Waals surface area contributed by atoms with E-state index in [0.717, 1.165) is 38.5 Å². The number of allylic oxidation sites excluding steroid dienone is 2. The van der Waals surface area contributed by atoms with Crippen molar-refractivity contribution >= 4 is 5.97 Å². The number of carbonyl (C=O) groups excluding carboxylic acids is 1. The summed E-state index contributed by atoms with van der Waals surface area (Å²) in [5.74, 6) is -0.573. The monoisotopic (exact) mass is 386 g/mol. The summed E-state index contributed by atoms with van der Waals surface area (Å²) in [6, 6.07) is 0. The molecule has 0 aromatic heterocycles. The molecule has 0 bridgehead atoms. The third-order valence-electron chi connectivity index (χ3n) is 5.42. The first-order valence-corrected chi connectivity index (χ1v) is 10.5. The Labute approximate surface area is 162 Å². The number of halogens is 1. The molecule has 1 unspecified atom stereocenters. The van der Waals surface area contributed by atoms with Gasteiger partial charge in [-0.1, -0.05) is 19.1 Å². The first-order chi connectivity index (χ1) is 13.2. The van der Waals surface area contributed by atoms with Crippen LogP contribution in [0.25, 0.3) is 0 Å². The van der Waals surface area contributed by atoms with Crippen molar-refractivity contribution in [3.05, 3.63) is 12.2 Å². The molecule has 1 heterocycles. The Morgan fingerprint density at radius 2 is 2.15 bits per heavy atom. The minimum absolute atomic E-state index is 0.0405. The molecular formula is C21H35FO5. The lowest BCUT2D eigenvalue weighted by molar-refractivity contribution is -0.196. The highest BCUT2D eigenvalue weighted by molar-refractivity contribution is 5.69. The summed E-state index contributed by atoms with van der Waals surface area (Å²) >= 11 is 0. The molecule has 2 aliphatic rings. The van der Waals surface area contributed by atoms with E-state index >= 15 is 0 Å². The standard InChI is InChI=1S/C21H35FO5/c1-2-12-25-20(24)10-6-4-3-5-9-16-17(15-23)18(22)14-19(16)27-21-11-7-8-13-26-21/h3,5,16-19,21,23H,2,4,6-15H2,1H3/t16-,17-,18+,19+,21?/m1/s1. The first-order valence-electron chi connectivity index (χ1n) is 10.5. The summed E-state index contributed by atoms with van der Waals surface area (Å²) in [4.78, 5) is 11.4. The Bertz CT molecular complexity index is 450. The molecule has 27 heavy (non-hydrogen) atoms. The van der Waals surface area contributed by atoms with Crippen LogP contribution in [0.15, 0.2) is 12.2 Å². The highest BCUT2D eigenvalue weighted by atomic mass is 19.1. The summed E-state index contributed by atoms with van der Waals surface area (Å²) in [7, 11) is 0. The second kappa shape index (κ2) is 12.5. The molecule has 1 aliphatic heterocycles. The number of hydrogen-bond acceptors (Lipinski definition) is 5. The molecule has 1 N–H and O–H groups in total. The van der Waals surface area contributed by atoms with E-state index in [1.807, 2.05) is 19.1 Å². The second-order valence-electron chi connectivity index (χ2n) is 7.55. The molecule has 1 saturated carbocycles. The summed E-state index contributed by atoms with van der Waals surface area (Å²) in [6.07, 6.45) is 9.33. The molecule has 0 aromatic carbocycles. The smallest absolute Gasteiger partial charge is 0.305 e. The number of aliphatic hydroxyl groups is 1. The Morgan fingerprint density at radius 1 is 1.30 bits per heavy atom. The lowest BCUT2D eigenvalue weighted by Gasteiger charge is -2.29. The van der Waals surface area contributed by atoms with Crippen molar-refractivity contribution in [2.75, 3.05) is 19.8 Å². The first kappa shape index (κ1) is 22.3. The van der Waals surface area contributed by atoms with Gasteiger partial charge in [-0.3, -0.25) is 4.79 Å². The molecule has 2 fully saturated rings. The van der Waals surface area contributed by atoms with Crippen LogP contribution in [-0.4, -0.2) is 49.5 Å². The van der Waals surface area contributed by atoms with E-state index in [1.165, 1.54) is 0 Å². The second-order valence-corrected chi connectivity index (χ2v) is 7.55. The zero-order chi connectivity index (χ0) is 19.5.